The van der Waals surface area contributed by atoms with Gasteiger partial charge in [-0.15, -0.1) is 0 Å². The Hall–Kier alpha value is -0.550. The minimum Gasteiger partial charge on any atom is -0.379 e. The zero-order chi connectivity index (χ0) is 13.8. The molecule has 0 radical (unpaired) electrons. The van der Waals surface area contributed by atoms with Crippen LogP contribution in [0.1, 0.15) is 66.7 Å². The van der Waals surface area contributed by atoms with Crippen LogP contribution >= 0.6 is 0 Å². The second kappa shape index (κ2) is 6.06. The quantitative estimate of drug-likeness (QED) is 0.734. The van der Waals surface area contributed by atoms with Gasteiger partial charge in [0.1, 0.15) is 0 Å². The third-order valence-corrected chi connectivity index (χ3v) is 4.44. The monoisotopic (exact) mass is 251 g/mol. The van der Waals surface area contributed by atoms with E-state index in [1.807, 2.05) is 0 Å². The van der Waals surface area contributed by atoms with Crippen LogP contribution in [0, 0.1) is 28.1 Å². The Morgan fingerprint density at radius 3 is 2.22 bits per heavy atom. The summed E-state index contributed by atoms with van der Waals surface area (Å²) in [6.45, 7) is 11.8. The van der Waals surface area contributed by atoms with Crippen molar-refractivity contribution in [3.05, 3.63) is 0 Å². The van der Waals surface area contributed by atoms with Crippen molar-refractivity contribution in [1.29, 1.82) is 5.26 Å². The molecule has 0 aromatic carbocycles. The van der Waals surface area contributed by atoms with Crippen LogP contribution in [0.3, 0.4) is 0 Å². The van der Waals surface area contributed by atoms with Gasteiger partial charge in [0.05, 0.1) is 17.6 Å². The maximum Gasteiger partial charge on any atom is 0.0690 e. The van der Waals surface area contributed by atoms with Gasteiger partial charge in [0.15, 0.2) is 0 Å². The molecule has 0 amide bonds. The van der Waals surface area contributed by atoms with Crippen molar-refractivity contribution in [3.63, 3.8) is 0 Å². The average molecular weight is 251 g/mol. The topological polar surface area (TPSA) is 33.0 Å². The van der Waals surface area contributed by atoms with Crippen molar-refractivity contribution < 1.29 is 4.74 Å². The summed E-state index contributed by atoms with van der Waals surface area (Å²) in [5.41, 5.74) is 0.271. The summed E-state index contributed by atoms with van der Waals surface area (Å²) in [5.74, 6) is 0.769. The second-order valence-electron chi connectivity index (χ2n) is 7.20. The molecular formula is C16H29NO. The molecular weight excluding hydrogens is 222 g/mol. The number of ether oxygens (including phenoxy) is 1. The van der Waals surface area contributed by atoms with Gasteiger partial charge >= 0.3 is 0 Å². The van der Waals surface area contributed by atoms with Gasteiger partial charge in [-0.1, -0.05) is 20.8 Å². The Labute approximate surface area is 113 Å². The van der Waals surface area contributed by atoms with E-state index in [4.69, 9.17) is 4.74 Å². The molecule has 0 atom stereocenters. The first-order valence-corrected chi connectivity index (χ1v) is 7.32. The normalized spacial score (nSPS) is 29.3. The lowest BCUT2D eigenvalue weighted by Gasteiger charge is -2.40. The highest BCUT2D eigenvalue weighted by molar-refractivity contribution is 5.02. The number of hydrogen-bond donors (Lipinski definition) is 0. The molecule has 0 saturated heterocycles. The van der Waals surface area contributed by atoms with Gasteiger partial charge in [-0.05, 0) is 57.3 Å². The fourth-order valence-electron chi connectivity index (χ4n) is 2.94. The van der Waals surface area contributed by atoms with Crippen molar-refractivity contribution in [2.24, 2.45) is 16.7 Å². The Morgan fingerprint density at radius 2 is 1.83 bits per heavy atom. The molecule has 0 aromatic rings. The van der Waals surface area contributed by atoms with Crippen molar-refractivity contribution in [3.8, 4) is 6.07 Å². The van der Waals surface area contributed by atoms with E-state index in [9.17, 15) is 5.26 Å². The maximum absolute atomic E-state index is 9.49. The van der Waals surface area contributed by atoms with Crippen LogP contribution in [0.5, 0.6) is 0 Å². The molecule has 0 heterocycles. The van der Waals surface area contributed by atoms with Gasteiger partial charge in [-0.25, -0.2) is 0 Å². The van der Waals surface area contributed by atoms with Crippen LogP contribution < -0.4 is 0 Å². The highest BCUT2D eigenvalue weighted by atomic mass is 16.5. The van der Waals surface area contributed by atoms with E-state index in [0.29, 0.717) is 5.41 Å². The lowest BCUT2D eigenvalue weighted by molar-refractivity contribution is 0.0417. The van der Waals surface area contributed by atoms with Crippen molar-refractivity contribution in [2.45, 2.75) is 72.8 Å². The number of rotatable bonds is 4. The molecule has 18 heavy (non-hydrogen) atoms. The van der Waals surface area contributed by atoms with E-state index >= 15 is 0 Å². The lowest BCUT2D eigenvalue weighted by Crippen LogP contribution is -2.32. The SMILES string of the molecule is CC(C)OCCC1(C#N)CCC(C(C)(C)C)CC1. The minimum atomic E-state index is -0.114. The molecule has 0 aliphatic heterocycles. The van der Waals surface area contributed by atoms with Crippen molar-refractivity contribution >= 4 is 0 Å². The fraction of sp³-hybridized carbons (Fsp3) is 0.938. The molecule has 1 aliphatic carbocycles. The van der Waals surface area contributed by atoms with E-state index < -0.39 is 0 Å². The molecule has 1 fully saturated rings. The van der Waals surface area contributed by atoms with Crippen LogP contribution in [0.25, 0.3) is 0 Å². The molecule has 1 saturated carbocycles. The summed E-state index contributed by atoms with van der Waals surface area (Å²) in [4.78, 5) is 0. The first kappa shape index (κ1) is 15.5. The molecule has 2 nitrogen and oxygen atoms in total. The minimum absolute atomic E-state index is 0.114. The van der Waals surface area contributed by atoms with Crippen LogP contribution in [-0.4, -0.2) is 12.7 Å². The summed E-state index contributed by atoms with van der Waals surface area (Å²) in [6.07, 6.45) is 5.65. The van der Waals surface area contributed by atoms with Gasteiger partial charge in [-0.2, -0.15) is 5.26 Å². The predicted molar refractivity (Wildman–Crippen MR) is 75.2 cm³/mol. The predicted octanol–water partition coefficient (Wildman–Crippen LogP) is 4.55. The highest BCUT2D eigenvalue weighted by Gasteiger charge is 2.38. The zero-order valence-corrected chi connectivity index (χ0v) is 12.8. The third kappa shape index (κ3) is 4.28. The largest absolute Gasteiger partial charge is 0.379 e. The molecule has 2 heteroatoms. The van der Waals surface area contributed by atoms with Crippen LogP contribution in [0.4, 0.5) is 0 Å². The van der Waals surface area contributed by atoms with E-state index in [1.165, 1.54) is 12.8 Å². The first-order valence-electron chi connectivity index (χ1n) is 7.32. The zero-order valence-electron chi connectivity index (χ0n) is 12.8. The molecule has 1 aliphatic rings. The average Bonchev–Trinajstić information content (AvgIpc) is 2.28. The van der Waals surface area contributed by atoms with Gasteiger partial charge in [0.25, 0.3) is 0 Å². The number of hydrogen-bond acceptors (Lipinski definition) is 2. The lowest BCUT2D eigenvalue weighted by atomic mass is 9.63. The Kier molecular flexibility index (Phi) is 5.22. The first-order chi connectivity index (χ1) is 8.29. The Balaban J connectivity index is 2.48. The summed E-state index contributed by atoms with van der Waals surface area (Å²) in [5, 5.41) is 9.49. The molecule has 0 aromatic heterocycles. The summed E-state index contributed by atoms with van der Waals surface area (Å²) in [6, 6.07) is 2.58. The van der Waals surface area contributed by atoms with Crippen LogP contribution in [-0.2, 0) is 4.74 Å². The van der Waals surface area contributed by atoms with E-state index in [2.05, 4.69) is 40.7 Å². The molecule has 0 unspecified atom stereocenters. The van der Waals surface area contributed by atoms with Crippen LogP contribution in [0.2, 0.25) is 0 Å². The van der Waals surface area contributed by atoms with E-state index in [0.717, 1.165) is 31.8 Å². The van der Waals surface area contributed by atoms with E-state index in [1.54, 1.807) is 0 Å². The fourth-order valence-corrected chi connectivity index (χ4v) is 2.94. The highest BCUT2D eigenvalue weighted by Crippen LogP contribution is 2.46. The number of nitriles is 1. The Bertz CT molecular complexity index is 287. The van der Waals surface area contributed by atoms with Crippen LogP contribution in [0.15, 0.2) is 0 Å². The van der Waals surface area contributed by atoms with Crippen molar-refractivity contribution in [2.75, 3.05) is 6.61 Å². The molecule has 104 valence electrons. The Morgan fingerprint density at radius 1 is 1.28 bits per heavy atom. The van der Waals surface area contributed by atoms with Gasteiger partial charge in [0.2, 0.25) is 0 Å². The summed E-state index contributed by atoms with van der Waals surface area (Å²) < 4.78 is 5.61. The molecule has 1 rings (SSSR count). The molecule has 0 bridgehead atoms. The van der Waals surface area contributed by atoms with Gasteiger partial charge in [0, 0.05) is 6.61 Å². The summed E-state index contributed by atoms with van der Waals surface area (Å²) >= 11 is 0. The number of nitrogens with zero attached hydrogens (tertiary/aromatic N) is 1. The third-order valence-electron chi connectivity index (χ3n) is 4.44. The van der Waals surface area contributed by atoms with Crippen molar-refractivity contribution in [1.82, 2.24) is 0 Å². The van der Waals surface area contributed by atoms with E-state index in [-0.39, 0.29) is 11.5 Å². The molecule has 0 spiro atoms. The maximum atomic E-state index is 9.49. The van der Waals surface area contributed by atoms with Gasteiger partial charge in [-0.3, -0.25) is 0 Å². The second-order valence-corrected chi connectivity index (χ2v) is 7.20. The van der Waals surface area contributed by atoms with Gasteiger partial charge < -0.3 is 4.74 Å². The summed E-state index contributed by atoms with van der Waals surface area (Å²) in [7, 11) is 0. The smallest absolute Gasteiger partial charge is 0.0690 e. The standard InChI is InChI=1S/C16H29NO/c1-13(2)18-11-10-16(12-17)8-6-14(7-9-16)15(3,4)5/h13-14H,6-11H2,1-5H3. The molecule has 0 N–H and O–H groups in total.